The molecule has 1 amide bonds. The second kappa shape index (κ2) is 5.86. The maximum absolute atomic E-state index is 11.7. The molecule has 0 fully saturated rings. The van der Waals surface area contributed by atoms with Crippen molar-refractivity contribution in [1.29, 1.82) is 0 Å². The van der Waals surface area contributed by atoms with Crippen LogP contribution in [0.4, 0.5) is 5.69 Å². The standard InChI is InChI=1S/C11H18N2O2S/c1-3-4-8(14)6-13-11(15)10-5-9(12)7(2)16-10/h5,8,14H,3-4,6,12H2,1-2H3,(H,13,15). The lowest BCUT2D eigenvalue weighted by atomic mass is 10.2. The van der Waals surface area contributed by atoms with Crippen molar-refractivity contribution in [1.82, 2.24) is 5.32 Å². The largest absolute Gasteiger partial charge is 0.398 e. The molecule has 1 rings (SSSR count). The van der Waals surface area contributed by atoms with Crippen molar-refractivity contribution in [3.05, 3.63) is 15.8 Å². The molecular weight excluding hydrogens is 224 g/mol. The van der Waals surface area contributed by atoms with E-state index >= 15 is 0 Å². The summed E-state index contributed by atoms with van der Waals surface area (Å²) in [4.78, 5) is 13.2. The van der Waals surface area contributed by atoms with Gasteiger partial charge in [0.2, 0.25) is 0 Å². The fourth-order valence-electron chi connectivity index (χ4n) is 1.34. The maximum Gasteiger partial charge on any atom is 0.261 e. The molecule has 0 saturated heterocycles. The Kier molecular flexibility index (Phi) is 4.76. The van der Waals surface area contributed by atoms with Gasteiger partial charge in [-0.1, -0.05) is 13.3 Å². The normalized spacial score (nSPS) is 12.4. The average Bonchev–Trinajstić information content (AvgIpc) is 2.56. The van der Waals surface area contributed by atoms with Crippen LogP contribution in [0, 0.1) is 6.92 Å². The van der Waals surface area contributed by atoms with Crippen molar-refractivity contribution in [3.63, 3.8) is 0 Å². The third-order valence-corrected chi connectivity index (χ3v) is 3.37. The summed E-state index contributed by atoms with van der Waals surface area (Å²) in [7, 11) is 0. The predicted molar refractivity (Wildman–Crippen MR) is 66.7 cm³/mol. The van der Waals surface area contributed by atoms with Gasteiger partial charge in [0, 0.05) is 17.1 Å². The van der Waals surface area contributed by atoms with Crippen LogP contribution in [0.2, 0.25) is 0 Å². The molecule has 16 heavy (non-hydrogen) atoms. The summed E-state index contributed by atoms with van der Waals surface area (Å²) in [6.45, 7) is 4.17. The number of hydrogen-bond donors (Lipinski definition) is 3. The zero-order chi connectivity index (χ0) is 12.1. The van der Waals surface area contributed by atoms with Gasteiger partial charge in [-0.25, -0.2) is 0 Å². The predicted octanol–water partition coefficient (Wildman–Crippen LogP) is 1.53. The van der Waals surface area contributed by atoms with Gasteiger partial charge in [0.05, 0.1) is 11.0 Å². The van der Waals surface area contributed by atoms with Crippen molar-refractivity contribution in [2.45, 2.75) is 32.8 Å². The van der Waals surface area contributed by atoms with Gasteiger partial charge in [-0.05, 0) is 19.4 Å². The second-order valence-electron chi connectivity index (χ2n) is 3.77. The number of nitrogens with one attached hydrogen (secondary N) is 1. The SMILES string of the molecule is CCCC(O)CNC(=O)c1cc(N)c(C)s1. The summed E-state index contributed by atoms with van der Waals surface area (Å²) in [5.41, 5.74) is 6.31. The molecule has 0 aliphatic rings. The van der Waals surface area contributed by atoms with Crippen LogP contribution in [0.15, 0.2) is 6.07 Å². The summed E-state index contributed by atoms with van der Waals surface area (Å²) in [5, 5.41) is 12.2. The fraction of sp³-hybridized carbons (Fsp3) is 0.545. The average molecular weight is 242 g/mol. The van der Waals surface area contributed by atoms with Crippen LogP contribution in [-0.4, -0.2) is 23.7 Å². The number of amides is 1. The van der Waals surface area contributed by atoms with E-state index in [-0.39, 0.29) is 5.91 Å². The quantitative estimate of drug-likeness (QED) is 0.733. The van der Waals surface area contributed by atoms with E-state index in [2.05, 4.69) is 5.32 Å². The van der Waals surface area contributed by atoms with Gasteiger partial charge >= 0.3 is 0 Å². The monoisotopic (exact) mass is 242 g/mol. The van der Waals surface area contributed by atoms with Crippen molar-refractivity contribution in [3.8, 4) is 0 Å². The Morgan fingerprint density at radius 2 is 2.38 bits per heavy atom. The Bertz CT molecular complexity index is 343. The van der Waals surface area contributed by atoms with Crippen molar-refractivity contribution in [2.75, 3.05) is 12.3 Å². The zero-order valence-corrected chi connectivity index (χ0v) is 10.4. The van der Waals surface area contributed by atoms with E-state index in [1.807, 2.05) is 13.8 Å². The van der Waals surface area contributed by atoms with Gasteiger partial charge in [-0.2, -0.15) is 0 Å². The number of thiophene rings is 1. The van der Waals surface area contributed by atoms with E-state index in [0.29, 0.717) is 23.5 Å². The molecule has 1 heterocycles. The van der Waals surface area contributed by atoms with Gasteiger partial charge in [0.1, 0.15) is 0 Å². The lowest BCUT2D eigenvalue weighted by Crippen LogP contribution is -2.31. The fourth-order valence-corrected chi connectivity index (χ4v) is 2.20. The van der Waals surface area contributed by atoms with Gasteiger partial charge in [0.25, 0.3) is 5.91 Å². The lowest BCUT2D eigenvalue weighted by molar-refractivity contribution is 0.0914. The first-order chi connectivity index (χ1) is 7.54. The number of nitrogens with two attached hydrogens (primary N) is 1. The van der Waals surface area contributed by atoms with Crippen molar-refractivity contribution < 1.29 is 9.90 Å². The van der Waals surface area contributed by atoms with Crippen LogP contribution >= 0.6 is 11.3 Å². The molecule has 0 aliphatic heterocycles. The number of aliphatic hydroxyl groups is 1. The molecule has 0 spiro atoms. The maximum atomic E-state index is 11.7. The Balaban J connectivity index is 2.46. The number of carbonyl (C=O) groups is 1. The minimum Gasteiger partial charge on any atom is -0.398 e. The number of rotatable bonds is 5. The third kappa shape index (κ3) is 3.50. The Hall–Kier alpha value is -1.07. The van der Waals surface area contributed by atoms with Crippen molar-refractivity contribution in [2.24, 2.45) is 0 Å². The van der Waals surface area contributed by atoms with Crippen LogP contribution in [0.5, 0.6) is 0 Å². The van der Waals surface area contributed by atoms with Crippen LogP contribution in [0.1, 0.15) is 34.3 Å². The van der Waals surface area contributed by atoms with Gasteiger partial charge < -0.3 is 16.2 Å². The van der Waals surface area contributed by atoms with E-state index in [0.717, 1.165) is 11.3 Å². The van der Waals surface area contributed by atoms with Gasteiger partial charge in [-0.15, -0.1) is 11.3 Å². The topological polar surface area (TPSA) is 75.3 Å². The van der Waals surface area contributed by atoms with Crippen LogP contribution in [-0.2, 0) is 0 Å². The minimum absolute atomic E-state index is 0.167. The summed E-state index contributed by atoms with van der Waals surface area (Å²) in [5.74, 6) is -0.167. The van der Waals surface area contributed by atoms with E-state index < -0.39 is 6.10 Å². The molecule has 1 aromatic rings. The molecule has 4 N–H and O–H groups in total. The number of nitrogen functional groups attached to an aromatic ring is 1. The highest BCUT2D eigenvalue weighted by molar-refractivity contribution is 7.14. The Labute approximate surface area is 99.5 Å². The summed E-state index contributed by atoms with van der Waals surface area (Å²) >= 11 is 1.37. The molecule has 4 nitrogen and oxygen atoms in total. The first-order valence-corrected chi connectivity index (χ1v) is 6.18. The van der Waals surface area contributed by atoms with E-state index in [4.69, 9.17) is 5.73 Å². The van der Waals surface area contributed by atoms with E-state index in [1.54, 1.807) is 6.07 Å². The molecule has 1 aromatic heterocycles. The highest BCUT2D eigenvalue weighted by Gasteiger charge is 2.12. The number of carbonyl (C=O) groups excluding carboxylic acids is 1. The first kappa shape index (κ1) is 13.0. The number of hydrogen-bond acceptors (Lipinski definition) is 4. The summed E-state index contributed by atoms with van der Waals surface area (Å²) < 4.78 is 0. The molecule has 1 unspecified atom stereocenters. The highest BCUT2D eigenvalue weighted by Crippen LogP contribution is 2.23. The summed E-state index contributed by atoms with van der Waals surface area (Å²) in [6.07, 6.45) is 1.14. The Morgan fingerprint density at radius 3 is 2.88 bits per heavy atom. The molecule has 0 radical (unpaired) electrons. The second-order valence-corrected chi connectivity index (χ2v) is 5.03. The molecule has 5 heteroatoms. The third-order valence-electron chi connectivity index (χ3n) is 2.30. The van der Waals surface area contributed by atoms with Crippen LogP contribution in [0.25, 0.3) is 0 Å². The number of aliphatic hydroxyl groups excluding tert-OH is 1. The zero-order valence-electron chi connectivity index (χ0n) is 9.62. The minimum atomic E-state index is -0.465. The van der Waals surface area contributed by atoms with Gasteiger partial charge in [0.15, 0.2) is 0 Å². The molecule has 0 saturated carbocycles. The van der Waals surface area contributed by atoms with E-state index in [1.165, 1.54) is 11.3 Å². The number of aryl methyl sites for hydroxylation is 1. The Morgan fingerprint density at radius 1 is 1.69 bits per heavy atom. The van der Waals surface area contributed by atoms with Crippen molar-refractivity contribution >= 4 is 22.9 Å². The smallest absolute Gasteiger partial charge is 0.261 e. The molecule has 1 atom stereocenters. The van der Waals surface area contributed by atoms with E-state index in [9.17, 15) is 9.90 Å². The first-order valence-electron chi connectivity index (χ1n) is 5.36. The number of anilines is 1. The lowest BCUT2D eigenvalue weighted by Gasteiger charge is -2.09. The highest BCUT2D eigenvalue weighted by atomic mass is 32.1. The molecule has 90 valence electrons. The molecule has 0 aromatic carbocycles. The van der Waals surface area contributed by atoms with Crippen LogP contribution < -0.4 is 11.1 Å². The summed E-state index contributed by atoms with van der Waals surface area (Å²) in [6, 6.07) is 1.67. The molecule has 0 bridgehead atoms. The molecular formula is C11H18N2O2S. The van der Waals surface area contributed by atoms with Gasteiger partial charge in [-0.3, -0.25) is 4.79 Å². The molecule has 0 aliphatic carbocycles. The van der Waals surface area contributed by atoms with Crippen LogP contribution in [0.3, 0.4) is 0 Å².